The lowest BCUT2D eigenvalue weighted by Crippen LogP contribution is -2.42. The quantitative estimate of drug-likeness (QED) is 0.613. The van der Waals surface area contributed by atoms with Crippen molar-refractivity contribution in [3.8, 4) is 11.3 Å². The van der Waals surface area contributed by atoms with Crippen molar-refractivity contribution in [2.45, 2.75) is 26.3 Å². The summed E-state index contributed by atoms with van der Waals surface area (Å²) in [5, 5.41) is 4.44. The maximum Gasteiger partial charge on any atom is 0.254 e. The number of rotatable bonds is 5. The Kier molecular flexibility index (Phi) is 7.26. The summed E-state index contributed by atoms with van der Waals surface area (Å²) in [6.07, 6.45) is 0.827. The van der Waals surface area contributed by atoms with Gasteiger partial charge in [0.2, 0.25) is 5.91 Å². The molecule has 6 nitrogen and oxygen atoms in total. The molecule has 1 aliphatic rings. The number of hydrogen-bond donors (Lipinski definition) is 1. The minimum absolute atomic E-state index is 0.00250. The van der Waals surface area contributed by atoms with Crippen LogP contribution in [-0.4, -0.2) is 65.4 Å². The number of aromatic nitrogens is 1. The molecule has 0 atom stereocenters. The van der Waals surface area contributed by atoms with Crippen LogP contribution >= 0.6 is 11.6 Å². The number of fused-ring (bicyclic) bond motifs is 1. The molecule has 2 amide bonds. The van der Waals surface area contributed by atoms with Crippen molar-refractivity contribution >= 4 is 34.3 Å². The lowest BCUT2D eigenvalue weighted by atomic mass is 10.0. The second-order valence-electron chi connectivity index (χ2n) is 8.72. The third-order valence-corrected chi connectivity index (χ3v) is 6.03. The number of carbonyl (C=O) groups is 2. The van der Waals surface area contributed by atoms with Crippen molar-refractivity contribution in [3.63, 3.8) is 0 Å². The van der Waals surface area contributed by atoms with E-state index in [1.807, 2.05) is 73.3 Å². The van der Waals surface area contributed by atoms with Crippen LogP contribution in [0.4, 0.5) is 0 Å². The normalized spacial score (nSPS) is 15.0. The van der Waals surface area contributed by atoms with Gasteiger partial charge in [-0.2, -0.15) is 0 Å². The molecule has 1 aromatic heterocycles. The monoisotopic (exact) mass is 464 g/mol. The second-order valence-corrected chi connectivity index (χ2v) is 9.16. The molecule has 1 N–H and O–H groups in total. The zero-order valence-electron chi connectivity index (χ0n) is 19.1. The van der Waals surface area contributed by atoms with E-state index in [2.05, 4.69) is 10.2 Å². The maximum atomic E-state index is 13.7. The van der Waals surface area contributed by atoms with Gasteiger partial charge in [0.15, 0.2) is 0 Å². The molecule has 0 spiro atoms. The van der Waals surface area contributed by atoms with Gasteiger partial charge in [0.1, 0.15) is 0 Å². The molecular formula is C26H29ClN4O2. The molecule has 7 heteroatoms. The van der Waals surface area contributed by atoms with Crippen LogP contribution in [0.2, 0.25) is 5.02 Å². The summed E-state index contributed by atoms with van der Waals surface area (Å²) in [5.74, 6) is 0.0230. The van der Waals surface area contributed by atoms with E-state index in [1.165, 1.54) is 0 Å². The van der Waals surface area contributed by atoms with Crippen LogP contribution in [0.25, 0.3) is 22.2 Å². The Bertz CT molecular complexity index is 1150. The highest BCUT2D eigenvalue weighted by atomic mass is 35.5. The van der Waals surface area contributed by atoms with E-state index in [1.54, 1.807) is 0 Å². The largest absolute Gasteiger partial charge is 0.353 e. The minimum atomic E-state index is -0.00250. The molecule has 0 aliphatic carbocycles. The van der Waals surface area contributed by atoms with Gasteiger partial charge in [-0.3, -0.25) is 14.5 Å². The van der Waals surface area contributed by atoms with Crippen LogP contribution in [-0.2, 0) is 4.79 Å². The molecule has 1 aliphatic heterocycles. The summed E-state index contributed by atoms with van der Waals surface area (Å²) in [4.78, 5) is 34.6. The minimum Gasteiger partial charge on any atom is -0.353 e. The van der Waals surface area contributed by atoms with Gasteiger partial charge in [-0.05, 0) is 44.5 Å². The third-order valence-electron chi connectivity index (χ3n) is 5.78. The number of benzene rings is 2. The maximum absolute atomic E-state index is 13.7. The zero-order valence-corrected chi connectivity index (χ0v) is 19.8. The Labute approximate surface area is 199 Å². The van der Waals surface area contributed by atoms with Crippen molar-refractivity contribution in [2.24, 2.45) is 0 Å². The molecule has 2 aromatic carbocycles. The van der Waals surface area contributed by atoms with E-state index >= 15 is 0 Å². The van der Waals surface area contributed by atoms with Gasteiger partial charge in [-0.25, -0.2) is 4.98 Å². The highest BCUT2D eigenvalue weighted by molar-refractivity contribution is 6.30. The molecule has 33 heavy (non-hydrogen) atoms. The van der Waals surface area contributed by atoms with E-state index < -0.39 is 0 Å². The fourth-order valence-corrected chi connectivity index (χ4v) is 4.32. The number of para-hydroxylation sites is 1. The van der Waals surface area contributed by atoms with Gasteiger partial charge in [0.25, 0.3) is 5.91 Å². The van der Waals surface area contributed by atoms with E-state index in [9.17, 15) is 9.59 Å². The summed E-state index contributed by atoms with van der Waals surface area (Å²) in [6.45, 7) is 6.98. The second kappa shape index (κ2) is 10.3. The van der Waals surface area contributed by atoms with Gasteiger partial charge in [-0.15, -0.1) is 0 Å². The van der Waals surface area contributed by atoms with Crippen LogP contribution in [0.5, 0.6) is 0 Å². The fraction of sp³-hybridized carbons (Fsp3) is 0.346. The summed E-state index contributed by atoms with van der Waals surface area (Å²) in [6, 6.07) is 17.2. The number of nitrogens with zero attached hydrogens (tertiary/aromatic N) is 3. The smallest absolute Gasteiger partial charge is 0.254 e. The Morgan fingerprint density at radius 3 is 2.55 bits per heavy atom. The SMILES string of the molecule is CC(C)NC(=O)CN1CCCN(C(=O)c2cc(-c3ccc(Cl)cc3)nc3ccccc23)CC1. The van der Waals surface area contributed by atoms with Crippen LogP contribution in [0.3, 0.4) is 0 Å². The Balaban J connectivity index is 1.57. The first-order valence-electron chi connectivity index (χ1n) is 11.4. The summed E-state index contributed by atoms with van der Waals surface area (Å²) in [7, 11) is 0. The third kappa shape index (κ3) is 5.70. The first-order chi connectivity index (χ1) is 15.9. The van der Waals surface area contributed by atoms with Crippen molar-refractivity contribution in [2.75, 3.05) is 32.7 Å². The number of carbonyl (C=O) groups excluding carboxylic acids is 2. The number of amides is 2. The van der Waals surface area contributed by atoms with E-state index in [0.29, 0.717) is 36.8 Å². The van der Waals surface area contributed by atoms with Crippen LogP contribution in [0, 0.1) is 0 Å². The first kappa shape index (κ1) is 23.2. The van der Waals surface area contributed by atoms with Crippen molar-refractivity contribution < 1.29 is 9.59 Å². The molecule has 172 valence electrons. The molecular weight excluding hydrogens is 436 g/mol. The van der Waals surface area contributed by atoms with Gasteiger partial charge < -0.3 is 10.2 Å². The van der Waals surface area contributed by atoms with E-state index in [0.717, 1.165) is 35.1 Å². The summed E-state index contributed by atoms with van der Waals surface area (Å²) >= 11 is 6.05. The van der Waals surface area contributed by atoms with Gasteiger partial charge in [0.05, 0.1) is 23.3 Å². The molecule has 0 radical (unpaired) electrons. The molecule has 0 bridgehead atoms. The molecule has 1 saturated heterocycles. The molecule has 2 heterocycles. The lowest BCUT2D eigenvalue weighted by molar-refractivity contribution is -0.122. The van der Waals surface area contributed by atoms with Crippen LogP contribution in [0.15, 0.2) is 54.6 Å². The van der Waals surface area contributed by atoms with E-state index in [-0.39, 0.29) is 17.9 Å². The Hall–Kier alpha value is -2.96. The molecule has 3 aromatic rings. The Morgan fingerprint density at radius 1 is 1.03 bits per heavy atom. The zero-order chi connectivity index (χ0) is 23.4. The number of nitrogens with one attached hydrogen (secondary N) is 1. The number of pyridine rings is 1. The van der Waals surface area contributed by atoms with Crippen molar-refractivity contribution in [3.05, 3.63) is 65.2 Å². The van der Waals surface area contributed by atoms with Gasteiger partial charge >= 0.3 is 0 Å². The topological polar surface area (TPSA) is 65.5 Å². The highest BCUT2D eigenvalue weighted by Crippen LogP contribution is 2.27. The Morgan fingerprint density at radius 2 is 1.79 bits per heavy atom. The van der Waals surface area contributed by atoms with Crippen molar-refractivity contribution in [1.82, 2.24) is 20.1 Å². The van der Waals surface area contributed by atoms with Gasteiger partial charge in [0, 0.05) is 48.2 Å². The van der Waals surface area contributed by atoms with Crippen LogP contribution in [0.1, 0.15) is 30.6 Å². The fourth-order valence-electron chi connectivity index (χ4n) is 4.19. The van der Waals surface area contributed by atoms with Crippen LogP contribution < -0.4 is 5.32 Å². The summed E-state index contributed by atoms with van der Waals surface area (Å²) in [5.41, 5.74) is 3.10. The molecule has 0 unspecified atom stereocenters. The van der Waals surface area contributed by atoms with E-state index in [4.69, 9.17) is 16.6 Å². The highest BCUT2D eigenvalue weighted by Gasteiger charge is 2.24. The first-order valence-corrected chi connectivity index (χ1v) is 11.8. The number of halogens is 1. The number of hydrogen-bond acceptors (Lipinski definition) is 4. The molecule has 4 rings (SSSR count). The lowest BCUT2D eigenvalue weighted by Gasteiger charge is -2.23. The predicted octanol–water partition coefficient (Wildman–Crippen LogP) is 4.23. The van der Waals surface area contributed by atoms with Crippen molar-refractivity contribution in [1.29, 1.82) is 0 Å². The van der Waals surface area contributed by atoms with Gasteiger partial charge in [-0.1, -0.05) is 41.9 Å². The molecule has 0 saturated carbocycles. The standard InChI is InChI=1S/C26H29ClN4O2/c1-18(2)28-25(32)17-30-12-5-13-31(15-14-30)26(33)22-16-24(19-8-10-20(27)11-9-19)29-23-7-4-3-6-21(22)23/h3-4,6-11,16,18H,5,12-15,17H2,1-2H3,(H,28,32). The average Bonchev–Trinajstić information content (AvgIpc) is 3.03. The predicted molar refractivity (Wildman–Crippen MR) is 132 cm³/mol. The molecule has 1 fully saturated rings. The average molecular weight is 465 g/mol. The summed E-state index contributed by atoms with van der Waals surface area (Å²) < 4.78 is 0.